The predicted molar refractivity (Wildman–Crippen MR) is 38.1 cm³/mol. The molecule has 0 aliphatic rings. The topological polar surface area (TPSA) is 66.9 Å². The molecule has 0 saturated heterocycles. The minimum atomic E-state index is -0.593. The first-order valence-corrected chi connectivity index (χ1v) is 3.27. The van der Waals surface area contributed by atoms with Crippen molar-refractivity contribution in [2.45, 2.75) is 26.3 Å². The molecule has 0 heterocycles. The maximum absolute atomic E-state index is 10.6. The Bertz CT molecular complexity index is 157. The van der Waals surface area contributed by atoms with Gasteiger partial charge in [0.25, 0.3) is 0 Å². The van der Waals surface area contributed by atoms with Gasteiger partial charge >= 0.3 is 0 Å². The maximum Gasteiger partial charge on any atom is 0.248 e. The number of nitriles is 1. The first-order chi connectivity index (χ1) is 4.57. The van der Waals surface area contributed by atoms with Crippen molar-refractivity contribution in [1.29, 1.82) is 5.26 Å². The Morgan fingerprint density at radius 3 is 2.50 bits per heavy atom. The summed E-state index contributed by atoms with van der Waals surface area (Å²) in [5.74, 6) is -0.152. The van der Waals surface area contributed by atoms with Crippen molar-refractivity contribution in [3.8, 4) is 6.07 Å². The van der Waals surface area contributed by atoms with E-state index in [4.69, 9.17) is 11.0 Å². The van der Waals surface area contributed by atoms with Gasteiger partial charge < -0.3 is 5.73 Å². The lowest BCUT2D eigenvalue weighted by Crippen LogP contribution is -2.30. The van der Waals surface area contributed by atoms with Crippen LogP contribution in [-0.4, -0.2) is 11.8 Å². The van der Waals surface area contributed by atoms with Gasteiger partial charge in [0.05, 0.1) is 6.04 Å². The molecule has 10 heavy (non-hydrogen) atoms. The Morgan fingerprint density at radius 1 is 1.70 bits per heavy atom. The minimum Gasteiger partial charge on any atom is -0.321 e. The molecule has 1 unspecified atom stereocenters. The third-order valence-electron chi connectivity index (χ3n) is 1.17. The highest BCUT2D eigenvalue weighted by molar-refractivity contribution is 5.97. The summed E-state index contributed by atoms with van der Waals surface area (Å²) in [4.78, 5) is 10.6. The van der Waals surface area contributed by atoms with E-state index in [1.54, 1.807) is 0 Å². The quantitative estimate of drug-likeness (QED) is 0.579. The van der Waals surface area contributed by atoms with Crippen molar-refractivity contribution in [3.05, 3.63) is 0 Å². The molecule has 0 spiro atoms. The number of Topliss-reactive ketones (excluding diaryl/α,β-unsaturated/α-hetero) is 1. The van der Waals surface area contributed by atoms with Gasteiger partial charge in [-0.3, -0.25) is 4.79 Å². The number of nitrogens with two attached hydrogens (primary N) is 1. The molecule has 0 rings (SSSR count). The number of carbonyl (C=O) groups is 1. The molecule has 2 N–H and O–H groups in total. The second kappa shape index (κ2) is 4.02. The molecule has 3 heteroatoms. The smallest absolute Gasteiger partial charge is 0.248 e. The van der Waals surface area contributed by atoms with E-state index in [9.17, 15) is 4.79 Å². The zero-order valence-electron chi connectivity index (χ0n) is 6.29. The molecule has 0 aromatic heterocycles. The number of hydrogen-bond acceptors (Lipinski definition) is 3. The number of rotatable bonds is 3. The van der Waals surface area contributed by atoms with Crippen LogP contribution in [0.4, 0.5) is 0 Å². The zero-order chi connectivity index (χ0) is 8.15. The zero-order valence-corrected chi connectivity index (χ0v) is 6.29. The summed E-state index contributed by atoms with van der Waals surface area (Å²) >= 11 is 0. The minimum absolute atomic E-state index is 0.368. The highest BCUT2D eigenvalue weighted by Crippen LogP contribution is 2.02. The van der Waals surface area contributed by atoms with Crippen molar-refractivity contribution in [3.63, 3.8) is 0 Å². The molecule has 0 aromatic rings. The van der Waals surface area contributed by atoms with Crippen LogP contribution in [0.3, 0.4) is 0 Å². The van der Waals surface area contributed by atoms with Crippen molar-refractivity contribution in [1.82, 2.24) is 0 Å². The van der Waals surface area contributed by atoms with Crippen LogP contribution in [0, 0.1) is 17.2 Å². The summed E-state index contributed by atoms with van der Waals surface area (Å²) in [5.41, 5.74) is 5.36. The van der Waals surface area contributed by atoms with Crippen molar-refractivity contribution in [2.75, 3.05) is 0 Å². The largest absolute Gasteiger partial charge is 0.321 e. The fourth-order valence-electron chi connectivity index (χ4n) is 0.698. The van der Waals surface area contributed by atoms with Crippen LogP contribution in [-0.2, 0) is 4.79 Å². The van der Waals surface area contributed by atoms with Crippen molar-refractivity contribution in [2.24, 2.45) is 11.7 Å². The lowest BCUT2D eigenvalue weighted by atomic mass is 10.0. The monoisotopic (exact) mass is 140 g/mol. The second-order valence-corrected chi connectivity index (χ2v) is 2.71. The van der Waals surface area contributed by atoms with E-state index in [2.05, 4.69) is 0 Å². The fourth-order valence-corrected chi connectivity index (χ4v) is 0.698. The second-order valence-electron chi connectivity index (χ2n) is 2.71. The SMILES string of the molecule is CC(C)CC(N)C(=O)C#N. The molecule has 0 aliphatic heterocycles. The average Bonchev–Trinajstić information content (AvgIpc) is 1.85. The standard InChI is InChI=1S/C7H12N2O/c1-5(2)3-6(9)7(10)4-8/h5-6H,3,9H2,1-2H3. The molecule has 0 bridgehead atoms. The number of carbonyl (C=O) groups excluding carboxylic acids is 1. The van der Waals surface area contributed by atoms with Crippen LogP contribution in [0.25, 0.3) is 0 Å². The van der Waals surface area contributed by atoms with Crippen molar-refractivity contribution < 1.29 is 4.79 Å². The van der Waals surface area contributed by atoms with E-state index in [0.717, 1.165) is 0 Å². The van der Waals surface area contributed by atoms with Gasteiger partial charge in [-0.2, -0.15) is 5.26 Å². The molecule has 0 amide bonds. The van der Waals surface area contributed by atoms with Crippen LogP contribution in [0.1, 0.15) is 20.3 Å². The highest BCUT2D eigenvalue weighted by atomic mass is 16.1. The molecular weight excluding hydrogens is 128 g/mol. The molecule has 3 nitrogen and oxygen atoms in total. The van der Waals surface area contributed by atoms with E-state index in [0.29, 0.717) is 12.3 Å². The van der Waals surface area contributed by atoms with Gasteiger partial charge in [-0.05, 0) is 12.3 Å². The van der Waals surface area contributed by atoms with Crippen LogP contribution in [0.2, 0.25) is 0 Å². The molecular formula is C7H12N2O. The Balaban J connectivity index is 3.76. The summed E-state index contributed by atoms with van der Waals surface area (Å²) in [6.07, 6.45) is 0.590. The Kier molecular flexibility index (Phi) is 3.67. The molecule has 0 aromatic carbocycles. The van der Waals surface area contributed by atoms with E-state index < -0.39 is 11.8 Å². The van der Waals surface area contributed by atoms with Gasteiger partial charge in [-0.25, -0.2) is 0 Å². The number of hydrogen-bond donors (Lipinski definition) is 1. The van der Waals surface area contributed by atoms with Gasteiger partial charge in [0, 0.05) is 0 Å². The summed E-state index contributed by atoms with van der Waals surface area (Å²) < 4.78 is 0. The Morgan fingerprint density at radius 2 is 2.20 bits per heavy atom. The number of ketones is 1. The first kappa shape index (κ1) is 9.12. The van der Waals surface area contributed by atoms with Gasteiger partial charge in [0.15, 0.2) is 0 Å². The number of nitrogens with zero attached hydrogens (tertiary/aromatic N) is 1. The summed E-state index contributed by atoms with van der Waals surface area (Å²) in [7, 11) is 0. The third kappa shape index (κ3) is 3.21. The summed E-state index contributed by atoms with van der Waals surface area (Å²) in [6, 6.07) is 0.914. The van der Waals surface area contributed by atoms with E-state index in [1.165, 1.54) is 6.07 Å². The fraction of sp³-hybridized carbons (Fsp3) is 0.714. The highest BCUT2D eigenvalue weighted by Gasteiger charge is 2.13. The summed E-state index contributed by atoms with van der Waals surface area (Å²) in [5, 5.41) is 8.14. The first-order valence-electron chi connectivity index (χ1n) is 3.27. The molecule has 56 valence electrons. The lowest BCUT2D eigenvalue weighted by molar-refractivity contribution is -0.115. The molecule has 0 saturated carbocycles. The third-order valence-corrected chi connectivity index (χ3v) is 1.17. The van der Waals surface area contributed by atoms with Crippen LogP contribution in [0.15, 0.2) is 0 Å². The lowest BCUT2D eigenvalue weighted by Gasteiger charge is -2.07. The van der Waals surface area contributed by atoms with Crippen LogP contribution >= 0.6 is 0 Å². The van der Waals surface area contributed by atoms with Gasteiger partial charge in [-0.15, -0.1) is 0 Å². The molecule has 1 atom stereocenters. The average molecular weight is 140 g/mol. The predicted octanol–water partition coefficient (Wildman–Crippen LogP) is 0.452. The molecule has 0 radical (unpaired) electrons. The van der Waals surface area contributed by atoms with Gasteiger partial charge in [0.1, 0.15) is 6.07 Å². The summed E-state index contributed by atoms with van der Waals surface area (Å²) in [6.45, 7) is 3.93. The van der Waals surface area contributed by atoms with Crippen LogP contribution < -0.4 is 5.73 Å². The van der Waals surface area contributed by atoms with E-state index in [-0.39, 0.29) is 0 Å². The Hall–Kier alpha value is -0.880. The molecule has 0 aliphatic carbocycles. The van der Waals surface area contributed by atoms with E-state index >= 15 is 0 Å². The maximum atomic E-state index is 10.6. The normalized spacial score (nSPS) is 12.7. The molecule has 0 fully saturated rings. The van der Waals surface area contributed by atoms with Gasteiger partial charge in [0.2, 0.25) is 5.78 Å². The van der Waals surface area contributed by atoms with E-state index in [1.807, 2.05) is 13.8 Å². The van der Waals surface area contributed by atoms with Crippen molar-refractivity contribution >= 4 is 5.78 Å². The van der Waals surface area contributed by atoms with Gasteiger partial charge in [-0.1, -0.05) is 13.8 Å². The Labute approximate surface area is 60.8 Å². The van der Waals surface area contributed by atoms with Crippen LogP contribution in [0.5, 0.6) is 0 Å².